The highest BCUT2D eigenvalue weighted by atomic mass is 31.1. The molecule has 3 rings (SSSR count). The van der Waals surface area contributed by atoms with Gasteiger partial charge in [0.15, 0.2) is 0 Å². The molecular weight excluding hydrogens is 489 g/mol. The van der Waals surface area contributed by atoms with E-state index < -0.39 is 41.6 Å². The summed E-state index contributed by atoms with van der Waals surface area (Å²) in [5, 5.41) is 27.2. The summed E-state index contributed by atoms with van der Waals surface area (Å²) in [6, 6.07) is 25.2. The summed E-state index contributed by atoms with van der Waals surface area (Å²) in [4.78, 5) is 25.6. The van der Waals surface area contributed by atoms with E-state index >= 15 is 0 Å². The third kappa shape index (κ3) is 10.9. The number of hydrogen-bond donors (Lipinski definition) is 6. The largest absolute Gasteiger partial charge is 0.542 e. The maximum atomic E-state index is 10.4. The predicted molar refractivity (Wildman–Crippen MR) is 124 cm³/mol. The molecule has 6 atom stereocenters. The summed E-state index contributed by atoms with van der Waals surface area (Å²) in [5.41, 5.74) is 1.41. The van der Waals surface area contributed by atoms with Gasteiger partial charge in [-0.1, -0.05) is 91.0 Å². The lowest BCUT2D eigenvalue weighted by atomic mass is 10.2. The van der Waals surface area contributed by atoms with E-state index in [4.69, 9.17) is 30.0 Å². The lowest BCUT2D eigenvalue weighted by molar-refractivity contribution is 0.243. The van der Waals surface area contributed by atoms with E-state index in [0.29, 0.717) is 16.7 Å². The van der Waals surface area contributed by atoms with Gasteiger partial charge in [-0.15, -0.1) is 0 Å². The topological polar surface area (TPSA) is 173 Å². The fourth-order valence-electron chi connectivity index (χ4n) is 2.26. The molecule has 0 spiro atoms. The van der Waals surface area contributed by atoms with Crippen LogP contribution in [0.25, 0.3) is 0 Å². The molecule has 0 saturated carbocycles. The average molecular weight is 513 g/mol. The zero-order valence-electron chi connectivity index (χ0n) is 17.1. The second-order valence-electron chi connectivity index (χ2n) is 6.26. The van der Waals surface area contributed by atoms with E-state index in [1.807, 2.05) is 0 Å². The lowest BCUT2D eigenvalue weighted by Gasteiger charge is -1.94. The predicted octanol–water partition coefficient (Wildman–Crippen LogP) is 4.24. The summed E-state index contributed by atoms with van der Waals surface area (Å²) < 4.78 is 31.2. The number of rotatable bonds is 6. The summed E-state index contributed by atoms with van der Waals surface area (Å²) in [7, 11) is -7.60. The molecular formula is C21H24O9P3+3. The maximum absolute atomic E-state index is 10.4. The van der Waals surface area contributed by atoms with Crippen molar-refractivity contribution >= 4 is 24.1 Å². The van der Waals surface area contributed by atoms with Crippen molar-refractivity contribution in [3.63, 3.8) is 0 Å². The smallest absolute Gasteiger partial charge is 0.345 e. The molecule has 0 fully saturated rings. The first-order valence-corrected chi connectivity index (χ1v) is 13.1. The standard InChI is InChI=1S/3C7H7O3P/c3*8-7(11(9)10)6-4-2-1-3-5-6/h3*1-5,7-8H/p+3. The van der Waals surface area contributed by atoms with E-state index in [9.17, 15) is 13.7 Å². The van der Waals surface area contributed by atoms with Crippen LogP contribution in [0.2, 0.25) is 0 Å². The molecule has 0 saturated heterocycles. The Hall–Kier alpha value is -2.28. The molecule has 6 N–H and O–H groups in total. The van der Waals surface area contributed by atoms with Gasteiger partial charge < -0.3 is 15.3 Å². The van der Waals surface area contributed by atoms with Gasteiger partial charge in [0.2, 0.25) is 0 Å². The summed E-state index contributed by atoms with van der Waals surface area (Å²) in [5.74, 6) is -3.77. The van der Waals surface area contributed by atoms with Crippen LogP contribution in [0.1, 0.15) is 34.2 Å². The minimum Gasteiger partial charge on any atom is -0.345 e. The molecule has 33 heavy (non-hydrogen) atoms. The van der Waals surface area contributed by atoms with E-state index in [0.717, 1.165) is 0 Å². The molecule has 174 valence electrons. The summed E-state index contributed by atoms with van der Waals surface area (Å²) in [6.07, 6.45) is 0. The molecule has 0 aliphatic heterocycles. The highest BCUT2D eigenvalue weighted by Crippen LogP contribution is 2.35. The number of aliphatic hydroxyl groups excluding tert-OH is 3. The van der Waals surface area contributed by atoms with Crippen molar-refractivity contribution < 1.29 is 43.7 Å². The zero-order chi connectivity index (χ0) is 24.8. The van der Waals surface area contributed by atoms with E-state index in [2.05, 4.69) is 0 Å². The van der Waals surface area contributed by atoms with Gasteiger partial charge in [0.25, 0.3) is 0 Å². The average Bonchev–Trinajstić information content (AvgIpc) is 2.84. The van der Waals surface area contributed by atoms with Crippen LogP contribution in [0.15, 0.2) is 91.0 Å². The minimum absolute atomic E-state index is 0.469. The summed E-state index contributed by atoms with van der Waals surface area (Å²) >= 11 is 0. The van der Waals surface area contributed by atoms with Gasteiger partial charge in [-0.25, -0.2) is 0 Å². The molecule has 0 bridgehead atoms. The molecule has 0 aromatic heterocycles. The first-order valence-electron chi connectivity index (χ1n) is 9.29. The first-order chi connectivity index (χ1) is 15.6. The first kappa shape index (κ1) is 28.8. The van der Waals surface area contributed by atoms with Crippen molar-refractivity contribution in [2.24, 2.45) is 0 Å². The fraction of sp³-hybridized carbons (Fsp3) is 0.143. The van der Waals surface area contributed by atoms with Crippen LogP contribution in [-0.2, 0) is 13.7 Å². The van der Waals surface area contributed by atoms with Gasteiger partial charge in [-0.05, 0) is 13.7 Å². The van der Waals surface area contributed by atoms with Crippen LogP contribution >= 0.6 is 24.1 Å². The molecule has 9 nitrogen and oxygen atoms in total. The second kappa shape index (κ2) is 15.5. The monoisotopic (exact) mass is 513 g/mol. The third-order valence-electron chi connectivity index (χ3n) is 3.92. The van der Waals surface area contributed by atoms with Crippen molar-refractivity contribution in [2.45, 2.75) is 17.5 Å². The van der Waals surface area contributed by atoms with Gasteiger partial charge >= 0.3 is 41.6 Å². The van der Waals surface area contributed by atoms with Crippen molar-refractivity contribution in [3.8, 4) is 0 Å². The van der Waals surface area contributed by atoms with Gasteiger partial charge in [0, 0.05) is 16.7 Å². The van der Waals surface area contributed by atoms with Crippen molar-refractivity contribution in [2.75, 3.05) is 0 Å². The molecule has 0 aliphatic rings. The molecule has 3 aromatic rings. The van der Waals surface area contributed by atoms with Crippen LogP contribution in [-0.4, -0.2) is 30.0 Å². The Bertz CT molecular complexity index is 873. The van der Waals surface area contributed by atoms with Gasteiger partial charge in [0.05, 0.1) is 0 Å². The molecule has 0 amide bonds. The molecule has 12 heteroatoms. The molecule has 0 radical (unpaired) electrons. The highest BCUT2D eigenvalue weighted by Gasteiger charge is 2.28. The Morgan fingerprint density at radius 2 is 0.606 bits per heavy atom. The Morgan fingerprint density at radius 1 is 0.424 bits per heavy atom. The van der Waals surface area contributed by atoms with Crippen LogP contribution in [0.4, 0.5) is 0 Å². The molecule has 6 unspecified atom stereocenters. The van der Waals surface area contributed by atoms with Gasteiger partial charge in [-0.3, -0.25) is 0 Å². The second-order valence-corrected chi connectivity index (χ2v) is 9.54. The molecule has 0 heterocycles. The summed E-state index contributed by atoms with van der Waals surface area (Å²) in [6.45, 7) is 0. The van der Waals surface area contributed by atoms with Crippen LogP contribution < -0.4 is 0 Å². The van der Waals surface area contributed by atoms with Gasteiger partial charge in [-0.2, -0.15) is 14.7 Å². The normalized spacial score (nSPS) is 14.2. The zero-order valence-corrected chi connectivity index (χ0v) is 19.8. The van der Waals surface area contributed by atoms with Crippen LogP contribution in [0.5, 0.6) is 0 Å². The van der Waals surface area contributed by atoms with E-state index in [1.54, 1.807) is 91.0 Å². The maximum Gasteiger partial charge on any atom is 0.542 e. The quantitative estimate of drug-likeness (QED) is 0.264. The Morgan fingerprint density at radius 3 is 0.758 bits per heavy atom. The fourth-order valence-corrected chi connectivity index (χ4v) is 3.54. The van der Waals surface area contributed by atoms with Crippen molar-refractivity contribution in [3.05, 3.63) is 108 Å². The number of aliphatic hydroxyl groups is 3. The van der Waals surface area contributed by atoms with E-state index in [1.165, 1.54) is 0 Å². The van der Waals surface area contributed by atoms with Crippen LogP contribution in [0, 0.1) is 0 Å². The number of hydrogen-bond acceptors (Lipinski definition) is 6. The third-order valence-corrected chi connectivity index (χ3v) is 6.07. The Balaban J connectivity index is 0.000000247. The van der Waals surface area contributed by atoms with Gasteiger partial charge in [0.1, 0.15) is 0 Å². The van der Waals surface area contributed by atoms with Crippen molar-refractivity contribution in [1.29, 1.82) is 0 Å². The highest BCUT2D eigenvalue weighted by molar-refractivity contribution is 7.38. The Kier molecular flexibility index (Phi) is 13.5. The van der Waals surface area contributed by atoms with Crippen molar-refractivity contribution in [1.82, 2.24) is 0 Å². The van der Waals surface area contributed by atoms with Crippen LogP contribution in [0.3, 0.4) is 0 Å². The molecule has 0 aliphatic carbocycles. The number of benzene rings is 3. The molecule has 3 aromatic carbocycles. The Labute approximate surface area is 193 Å². The minimum atomic E-state index is -2.53. The van der Waals surface area contributed by atoms with E-state index in [-0.39, 0.29) is 0 Å². The lowest BCUT2D eigenvalue weighted by Crippen LogP contribution is -1.89. The SMILES string of the molecule is O=[P+](O)C(O)c1ccccc1.O=[P+](O)C(O)c1ccccc1.O=[P+](O)C(O)c1ccccc1.